The molecule has 0 aromatic carbocycles. The van der Waals surface area contributed by atoms with Crippen molar-refractivity contribution in [2.75, 3.05) is 0 Å². The van der Waals surface area contributed by atoms with Crippen molar-refractivity contribution in [3.8, 4) is 0 Å². The van der Waals surface area contributed by atoms with Crippen LogP contribution >= 0.6 is 11.3 Å². The topological polar surface area (TPSA) is 72.2 Å². The molecule has 1 saturated carbocycles. The van der Waals surface area contributed by atoms with Crippen LogP contribution in [0.25, 0.3) is 0 Å². The minimum absolute atomic E-state index is 0.0491. The third-order valence-electron chi connectivity index (χ3n) is 3.31. The Morgan fingerprint density at radius 2 is 2.28 bits per heavy atom. The number of nitrogens with one attached hydrogen (secondary N) is 1. The van der Waals surface area contributed by atoms with Crippen molar-refractivity contribution in [1.82, 2.24) is 4.72 Å². The fourth-order valence-electron chi connectivity index (χ4n) is 2.05. The number of nitrogens with two attached hydrogens (primary N) is 1. The van der Waals surface area contributed by atoms with E-state index in [1.54, 1.807) is 11.4 Å². The molecule has 1 aliphatic carbocycles. The molecule has 1 atom stereocenters. The summed E-state index contributed by atoms with van der Waals surface area (Å²) in [4.78, 5) is 1.08. The first-order valence-corrected chi connectivity index (χ1v) is 8.72. The molecular weight excluding hydrogens is 268 g/mol. The Labute approximate surface area is 113 Å². The van der Waals surface area contributed by atoms with Crippen LogP contribution in [-0.2, 0) is 16.6 Å². The van der Waals surface area contributed by atoms with E-state index in [1.807, 2.05) is 6.92 Å². The van der Waals surface area contributed by atoms with E-state index >= 15 is 0 Å². The number of thiophene rings is 1. The molecule has 4 nitrogen and oxygen atoms in total. The minimum atomic E-state index is -3.41. The Morgan fingerprint density at radius 3 is 2.83 bits per heavy atom. The summed E-state index contributed by atoms with van der Waals surface area (Å²) < 4.78 is 27.4. The third-order valence-corrected chi connectivity index (χ3v) is 5.99. The smallest absolute Gasteiger partial charge is 0.241 e. The predicted molar refractivity (Wildman–Crippen MR) is 74.0 cm³/mol. The highest BCUT2D eigenvalue weighted by atomic mass is 32.2. The maximum Gasteiger partial charge on any atom is 0.241 e. The number of sulfonamides is 1. The molecule has 0 bridgehead atoms. The summed E-state index contributed by atoms with van der Waals surface area (Å²) in [7, 11) is -3.41. The lowest BCUT2D eigenvalue weighted by molar-refractivity contribution is 0.495. The van der Waals surface area contributed by atoms with Crippen LogP contribution in [0.1, 0.15) is 37.5 Å². The lowest BCUT2D eigenvalue weighted by Crippen LogP contribution is -2.35. The van der Waals surface area contributed by atoms with Gasteiger partial charge in [-0.25, -0.2) is 13.1 Å². The molecular formula is C12H20N2O2S2. The molecule has 0 aliphatic heterocycles. The molecule has 18 heavy (non-hydrogen) atoms. The quantitative estimate of drug-likeness (QED) is 0.806. The fourth-order valence-corrected chi connectivity index (χ4v) is 4.72. The molecule has 1 fully saturated rings. The number of hydrogen-bond donors (Lipinski definition) is 2. The largest absolute Gasteiger partial charge is 0.326 e. The van der Waals surface area contributed by atoms with Crippen LogP contribution in [0, 0.1) is 5.92 Å². The molecule has 3 N–H and O–H groups in total. The van der Waals surface area contributed by atoms with E-state index in [9.17, 15) is 8.42 Å². The summed E-state index contributed by atoms with van der Waals surface area (Å²) in [6.07, 6.45) is 4.27. The van der Waals surface area contributed by atoms with Crippen LogP contribution in [0.5, 0.6) is 0 Å². The molecule has 0 saturated heterocycles. The van der Waals surface area contributed by atoms with Gasteiger partial charge in [-0.3, -0.25) is 0 Å². The normalized spacial score (nSPS) is 17.9. The Hall–Kier alpha value is -0.430. The monoisotopic (exact) mass is 288 g/mol. The molecule has 102 valence electrons. The van der Waals surface area contributed by atoms with Gasteiger partial charge in [-0.05, 0) is 30.2 Å². The van der Waals surface area contributed by atoms with Crippen LogP contribution in [-0.4, -0.2) is 14.5 Å². The maximum atomic E-state index is 12.3. The average Bonchev–Trinajstić information content (AvgIpc) is 3.01. The molecule has 1 aliphatic rings. The van der Waals surface area contributed by atoms with Crippen molar-refractivity contribution in [2.45, 2.75) is 50.1 Å². The summed E-state index contributed by atoms with van der Waals surface area (Å²) >= 11 is 1.39. The van der Waals surface area contributed by atoms with E-state index in [-0.39, 0.29) is 12.6 Å². The third kappa shape index (κ3) is 3.32. The zero-order valence-corrected chi connectivity index (χ0v) is 12.2. The Bertz CT molecular complexity index is 492. The summed E-state index contributed by atoms with van der Waals surface area (Å²) in [6.45, 7) is 2.29. The van der Waals surface area contributed by atoms with Crippen LogP contribution in [0.15, 0.2) is 16.3 Å². The number of hydrogen-bond acceptors (Lipinski definition) is 4. The van der Waals surface area contributed by atoms with Crippen LogP contribution in [0.4, 0.5) is 0 Å². The van der Waals surface area contributed by atoms with Gasteiger partial charge in [0, 0.05) is 17.5 Å². The van der Waals surface area contributed by atoms with Crippen LogP contribution in [0.2, 0.25) is 0 Å². The summed E-state index contributed by atoms with van der Waals surface area (Å²) in [5, 5.41) is 1.78. The second kappa shape index (κ2) is 5.69. The van der Waals surface area contributed by atoms with Gasteiger partial charge in [0.2, 0.25) is 10.0 Å². The predicted octanol–water partition coefficient (Wildman–Crippen LogP) is 2.06. The summed E-state index contributed by atoms with van der Waals surface area (Å²) in [5.74, 6) is 0.717. The summed E-state index contributed by atoms with van der Waals surface area (Å²) in [5.41, 5.74) is 5.56. The number of rotatable bonds is 7. The molecule has 0 radical (unpaired) electrons. The molecule has 0 spiro atoms. The van der Waals surface area contributed by atoms with Crippen molar-refractivity contribution in [2.24, 2.45) is 11.7 Å². The highest BCUT2D eigenvalue weighted by Gasteiger charge is 2.28. The second-order valence-corrected chi connectivity index (χ2v) is 7.50. The standard InChI is InChI=1S/C12H20N2O2S2/c1-2-10(7-9-3-4-9)14-18(15,16)12-5-6-17-11(12)8-13/h5-6,9-10,14H,2-4,7-8,13H2,1H3. The van der Waals surface area contributed by atoms with Gasteiger partial charge in [-0.1, -0.05) is 19.8 Å². The van der Waals surface area contributed by atoms with E-state index in [1.165, 1.54) is 24.2 Å². The van der Waals surface area contributed by atoms with Gasteiger partial charge in [0.1, 0.15) is 0 Å². The summed E-state index contributed by atoms with van der Waals surface area (Å²) in [6, 6.07) is 1.69. The Morgan fingerprint density at radius 1 is 1.56 bits per heavy atom. The second-order valence-electron chi connectivity index (χ2n) is 4.82. The van der Waals surface area contributed by atoms with Gasteiger partial charge in [-0.15, -0.1) is 11.3 Å². The van der Waals surface area contributed by atoms with Gasteiger partial charge >= 0.3 is 0 Å². The first-order chi connectivity index (χ1) is 8.56. The van der Waals surface area contributed by atoms with Crippen LogP contribution < -0.4 is 10.5 Å². The Balaban J connectivity index is 2.09. The molecule has 1 unspecified atom stereocenters. The zero-order chi connectivity index (χ0) is 13.2. The van der Waals surface area contributed by atoms with Gasteiger partial charge in [-0.2, -0.15) is 0 Å². The van der Waals surface area contributed by atoms with Crippen LogP contribution in [0.3, 0.4) is 0 Å². The molecule has 6 heteroatoms. The zero-order valence-electron chi connectivity index (χ0n) is 10.6. The highest BCUT2D eigenvalue weighted by molar-refractivity contribution is 7.89. The van der Waals surface area contributed by atoms with Gasteiger partial charge in [0.25, 0.3) is 0 Å². The maximum absolute atomic E-state index is 12.3. The SMILES string of the molecule is CCC(CC1CC1)NS(=O)(=O)c1ccsc1CN. The lowest BCUT2D eigenvalue weighted by Gasteiger charge is -2.16. The molecule has 2 rings (SSSR count). The van der Waals surface area contributed by atoms with E-state index in [4.69, 9.17) is 5.73 Å². The average molecular weight is 288 g/mol. The van der Waals surface area contributed by atoms with Crippen molar-refractivity contribution in [3.05, 3.63) is 16.3 Å². The molecule has 0 amide bonds. The van der Waals surface area contributed by atoms with Gasteiger partial charge in [0.15, 0.2) is 0 Å². The van der Waals surface area contributed by atoms with E-state index < -0.39 is 10.0 Å². The van der Waals surface area contributed by atoms with E-state index in [0.29, 0.717) is 10.8 Å². The fraction of sp³-hybridized carbons (Fsp3) is 0.667. The van der Waals surface area contributed by atoms with E-state index in [2.05, 4.69) is 4.72 Å². The first-order valence-electron chi connectivity index (χ1n) is 6.35. The van der Waals surface area contributed by atoms with Crippen molar-refractivity contribution >= 4 is 21.4 Å². The first kappa shape index (κ1) is 14.0. The van der Waals surface area contributed by atoms with E-state index in [0.717, 1.165) is 17.7 Å². The lowest BCUT2D eigenvalue weighted by atomic mass is 10.1. The molecule has 1 aromatic rings. The van der Waals surface area contributed by atoms with Gasteiger partial charge < -0.3 is 5.73 Å². The van der Waals surface area contributed by atoms with Crippen molar-refractivity contribution in [3.63, 3.8) is 0 Å². The molecule has 1 aromatic heterocycles. The minimum Gasteiger partial charge on any atom is -0.326 e. The van der Waals surface area contributed by atoms with Crippen molar-refractivity contribution < 1.29 is 8.42 Å². The van der Waals surface area contributed by atoms with Gasteiger partial charge in [0.05, 0.1) is 4.90 Å². The molecule has 1 heterocycles. The van der Waals surface area contributed by atoms with Crippen molar-refractivity contribution in [1.29, 1.82) is 0 Å². The Kier molecular flexibility index (Phi) is 4.42. The highest BCUT2D eigenvalue weighted by Crippen LogP contribution is 2.34.